The summed E-state index contributed by atoms with van der Waals surface area (Å²) >= 11 is 0. The van der Waals surface area contributed by atoms with Gasteiger partial charge in [-0.2, -0.15) is 0 Å². The lowest BCUT2D eigenvalue weighted by atomic mass is 9.86. The van der Waals surface area contributed by atoms with Crippen LogP contribution in [0.1, 0.15) is 94.1 Å². The number of hydrogen-bond donors (Lipinski definition) is 3. The second kappa shape index (κ2) is 18.6. The van der Waals surface area contributed by atoms with Crippen LogP contribution in [0.4, 0.5) is 0 Å². The Morgan fingerprint density at radius 2 is 1.42 bits per heavy atom. The van der Waals surface area contributed by atoms with Gasteiger partial charge in [-0.3, -0.25) is 14.4 Å². The molecule has 1 aromatic heterocycles. The summed E-state index contributed by atoms with van der Waals surface area (Å²) in [6, 6.07) is 22.1. The van der Waals surface area contributed by atoms with Crippen molar-refractivity contribution >= 4 is 17.8 Å². The van der Waals surface area contributed by atoms with Crippen LogP contribution >= 0.6 is 0 Å². The number of hydrogen-bond acceptors (Lipinski definition) is 6. The summed E-state index contributed by atoms with van der Waals surface area (Å²) < 4.78 is 5.89. The molecule has 4 aromatic rings. The van der Waals surface area contributed by atoms with E-state index in [1.54, 1.807) is 24.5 Å². The molecule has 264 valence electrons. The fraction of sp³-hybridized carbons (Fsp3) is 0.390. The molecule has 0 radical (unpaired) electrons. The number of rotatable bonds is 18. The molecule has 3 aromatic carbocycles. The van der Waals surface area contributed by atoms with Crippen molar-refractivity contribution in [1.29, 1.82) is 0 Å². The Hall–Kier alpha value is -5.05. The molecule has 1 heterocycles. The summed E-state index contributed by atoms with van der Waals surface area (Å²) in [4.78, 5) is 46.5. The Balaban J connectivity index is 1.38. The monoisotopic (exact) mass is 678 g/mol. The molecule has 0 fully saturated rings. The lowest BCUT2D eigenvalue weighted by molar-refractivity contribution is -0.137. The van der Waals surface area contributed by atoms with Gasteiger partial charge in [0.25, 0.3) is 5.91 Å². The molecule has 0 unspecified atom stereocenters. The van der Waals surface area contributed by atoms with Gasteiger partial charge in [-0.15, -0.1) is 0 Å². The molecular weight excluding hydrogens is 628 g/mol. The highest BCUT2D eigenvalue weighted by Crippen LogP contribution is 2.24. The number of carboxylic acids is 1. The van der Waals surface area contributed by atoms with Gasteiger partial charge in [0.2, 0.25) is 5.91 Å². The van der Waals surface area contributed by atoms with Gasteiger partial charge in [-0.05, 0) is 59.2 Å². The summed E-state index contributed by atoms with van der Waals surface area (Å²) in [5.41, 5.74) is 5.06. The quantitative estimate of drug-likeness (QED) is 0.0917. The normalized spacial score (nSPS) is 11.8. The van der Waals surface area contributed by atoms with Crippen molar-refractivity contribution in [3.05, 3.63) is 102 Å². The molecule has 4 rings (SSSR count). The van der Waals surface area contributed by atoms with Gasteiger partial charge in [-0.25, -0.2) is 9.97 Å². The average molecular weight is 679 g/mol. The molecule has 0 aliphatic heterocycles. The van der Waals surface area contributed by atoms with Crippen LogP contribution in [0.5, 0.6) is 5.75 Å². The third-order valence-electron chi connectivity index (χ3n) is 8.51. The minimum Gasteiger partial charge on any atom is -0.494 e. The van der Waals surface area contributed by atoms with E-state index in [0.29, 0.717) is 17.8 Å². The number of aromatic nitrogens is 2. The number of ether oxygens (including phenoxy) is 1. The van der Waals surface area contributed by atoms with E-state index in [1.165, 1.54) is 25.7 Å². The van der Waals surface area contributed by atoms with E-state index < -0.39 is 12.0 Å². The summed E-state index contributed by atoms with van der Waals surface area (Å²) in [5, 5.41) is 14.6. The first-order valence-corrected chi connectivity index (χ1v) is 17.6. The van der Waals surface area contributed by atoms with Gasteiger partial charge in [0.1, 0.15) is 11.8 Å². The molecule has 2 amide bonds. The predicted octanol–water partition coefficient (Wildman–Crippen LogP) is 7.78. The zero-order valence-electron chi connectivity index (χ0n) is 29.7. The van der Waals surface area contributed by atoms with Crippen molar-refractivity contribution in [3.8, 4) is 28.3 Å². The molecule has 0 saturated carbocycles. The maximum Gasteiger partial charge on any atom is 0.303 e. The van der Waals surface area contributed by atoms with E-state index in [0.717, 1.165) is 46.6 Å². The topological polar surface area (TPSA) is 131 Å². The number of carboxylic acid groups (broad SMARTS) is 1. The van der Waals surface area contributed by atoms with E-state index >= 15 is 0 Å². The van der Waals surface area contributed by atoms with Gasteiger partial charge < -0.3 is 20.5 Å². The molecule has 50 heavy (non-hydrogen) atoms. The van der Waals surface area contributed by atoms with Crippen LogP contribution in [0.2, 0.25) is 0 Å². The van der Waals surface area contributed by atoms with Gasteiger partial charge >= 0.3 is 5.97 Å². The van der Waals surface area contributed by atoms with Gasteiger partial charge in [0.05, 0.1) is 6.61 Å². The molecular formula is C41H50N4O5. The molecule has 0 spiro atoms. The van der Waals surface area contributed by atoms with Crippen LogP contribution in [-0.2, 0) is 21.4 Å². The first-order valence-electron chi connectivity index (χ1n) is 17.6. The van der Waals surface area contributed by atoms with Crippen LogP contribution < -0.4 is 15.4 Å². The van der Waals surface area contributed by atoms with Gasteiger partial charge in [0.15, 0.2) is 5.82 Å². The SMILES string of the molecule is CCCCCCCOc1ccc(-c2cnc(-c3ccc(C[C@H](NC(=O)c4ccc(C(C)(C)C)cc4)C(=O)NCCCC(=O)O)cc3)nc2)cc1. The third kappa shape index (κ3) is 11.8. The standard InChI is InChI=1S/C41H50N4O5/c1-5-6-7-8-9-25-50-35-22-18-30(19-23-35)33-27-43-38(44-28-33)31-14-12-29(13-15-31)26-36(40(49)42-24-10-11-37(46)47)45-39(48)32-16-20-34(21-17-32)41(2,3)4/h12-23,27-28,36H,5-11,24-26H2,1-4H3,(H,42,49)(H,45,48)(H,46,47)/t36-/m0/s1. The fourth-order valence-electron chi connectivity index (χ4n) is 5.44. The molecule has 0 saturated heterocycles. The molecule has 9 heteroatoms. The zero-order valence-corrected chi connectivity index (χ0v) is 29.7. The van der Waals surface area contributed by atoms with Crippen molar-refractivity contribution in [3.63, 3.8) is 0 Å². The molecule has 0 aliphatic rings. The van der Waals surface area contributed by atoms with Crippen LogP contribution in [0.15, 0.2) is 85.2 Å². The van der Waals surface area contributed by atoms with Crippen molar-refractivity contribution in [2.45, 2.75) is 90.5 Å². The smallest absolute Gasteiger partial charge is 0.303 e. The van der Waals surface area contributed by atoms with E-state index in [4.69, 9.17) is 9.84 Å². The number of nitrogens with zero attached hydrogens (tertiary/aromatic N) is 2. The Morgan fingerprint density at radius 1 is 0.780 bits per heavy atom. The first kappa shape index (κ1) is 37.8. The number of carbonyl (C=O) groups is 3. The predicted molar refractivity (Wildman–Crippen MR) is 197 cm³/mol. The largest absolute Gasteiger partial charge is 0.494 e. The highest BCUT2D eigenvalue weighted by atomic mass is 16.5. The van der Waals surface area contributed by atoms with Crippen molar-refractivity contribution in [1.82, 2.24) is 20.6 Å². The summed E-state index contributed by atoms with van der Waals surface area (Å²) in [6.45, 7) is 9.45. The van der Waals surface area contributed by atoms with Crippen LogP contribution in [0, 0.1) is 0 Å². The van der Waals surface area contributed by atoms with Crippen molar-refractivity contribution in [2.24, 2.45) is 0 Å². The van der Waals surface area contributed by atoms with Crippen molar-refractivity contribution in [2.75, 3.05) is 13.2 Å². The van der Waals surface area contributed by atoms with Crippen LogP contribution in [0.3, 0.4) is 0 Å². The van der Waals surface area contributed by atoms with Crippen LogP contribution in [-0.4, -0.2) is 52.1 Å². The van der Waals surface area contributed by atoms with Crippen molar-refractivity contribution < 1.29 is 24.2 Å². The zero-order chi connectivity index (χ0) is 35.9. The minimum atomic E-state index is -0.927. The minimum absolute atomic E-state index is 0.0531. The second-order valence-corrected chi connectivity index (χ2v) is 13.6. The number of carbonyl (C=O) groups excluding carboxylic acids is 2. The Kier molecular flexibility index (Phi) is 14.1. The average Bonchev–Trinajstić information content (AvgIpc) is 3.11. The summed E-state index contributed by atoms with van der Waals surface area (Å²) in [5.74, 6) is -0.234. The second-order valence-electron chi connectivity index (χ2n) is 13.6. The molecule has 9 nitrogen and oxygen atoms in total. The third-order valence-corrected chi connectivity index (χ3v) is 8.51. The number of amides is 2. The number of aliphatic carboxylic acids is 1. The maximum atomic E-state index is 13.2. The highest BCUT2D eigenvalue weighted by Gasteiger charge is 2.23. The Labute approximate surface area is 295 Å². The number of nitrogens with one attached hydrogen (secondary N) is 2. The summed E-state index contributed by atoms with van der Waals surface area (Å²) in [7, 11) is 0. The van der Waals surface area contributed by atoms with Crippen LogP contribution in [0.25, 0.3) is 22.5 Å². The maximum absolute atomic E-state index is 13.2. The molecule has 1 atom stereocenters. The Morgan fingerprint density at radius 3 is 2.04 bits per heavy atom. The van der Waals surface area contributed by atoms with E-state index in [2.05, 4.69) is 48.3 Å². The highest BCUT2D eigenvalue weighted by molar-refractivity contribution is 5.97. The lowest BCUT2D eigenvalue weighted by Crippen LogP contribution is -2.48. The van der Waals surface area contributed by atoms with Gasteiger partial charge in [-0.1, -0.05) is 102 Å². The number of benzene rings is 3. The Bertz CT molecular complexity index is 1660. The van der Waals surface area contributed by atoms with E-state index in [1.807, 2.05) is 60.7 Å². The van der Waals surface area contributed by atoms with E-state index in [9.17, 15) is 14.4 Å². The molecule has 0 bridgehead atoms. The molecule has 3 N–H and O–H groups in total. The fourth-order valence-corrected chi connectivity index (χ4v) is 5.44. The van der Waals surface area contributed by atoms with Gasteiger partial charge in [0, 0.05) is 48.5 Å². The first-order chi connectivity index (χ1) is 24.0. The summed E-state index contributed by atoms with van der Waals surface area (Å²) in [6.07, 6.45) is 10.1. The lowest BCUT2D eigenvalue weighted by Gasteiger charge is -2.21. The number of unbranched alkanes of at least 4 members (excludes halogenated alkanes) is 4. The molecule has 0 aliphatic carbocycles. The van der Waals surface area contributed by atoms with E-state index in [-0.39, 0.29) is 36.6 Å².